The fourth-order valence-electron chi connectivity index (χ4n) is 2.23. The number of rotatable bonds is 6. The number of nitrogens with zero attached hydrogens (tertiary/aromatic N) is 4. The predicted octanol–water partition coefficient (Wildman–Crippen LogP) is 3.32. The van der Waals surface area contributed by atoms with Crippen LogP contribution in [0, 0.1) is 0 Å². The molecule has 6 nitrogen and oxygen atoms in total. The standard InChI is InChI=1S/C16H16ClN5OS/c1-2-14(16(23)18-10-13-4-3-9-24-13)22-20-15(19-21-22)11-5-7-12(17)8-6-11/h3-9,14H,2,10H2,1H3,(H,18,23)/t14-/m0/s1. The summed E-state index contributed by atoms with van der Waals surface area (Å²) in [5.41, 5.74) is 0.805. The van der Waals surface area contributed by atoms with E-state index in [4.69, 9.17) is 11.6 Å². The highest BCUT2D eigenvalue weighted by Crippen LogP contribution is 2.18. The van der Waals surface area contributed by atoms with Crippen molar-refractivity contribution in [1.29, 1.82) is 0 Å². The number of thiophene rings is 1. The zero-order valence-corrected chi connectivity index (χ0v) is 14.6. The third-order valence-electron chi connectivity index (χ3n) is 3.52. The van der Waals surface area contributed by atoms with Gasteiger partial charge in [-0.05, 0) is 47.3 Å². The van der Waals surface area contributed by atoms with Crippen molar-refractivity contribution in [3.63, 3.8) is 0 Å². The van der Waals surface area contributed by atoms with E-state index in [0.29, 0.717) is 23.8 Å². The minimum Gasteiger partial charge on any atom is -0.349 e. The minimum atomic E-state index is -0.487. The van der Waals surface area contributed by atoms with Crippen LogP contribution in [-0.4, -0.2) is 26.1 Å². The predicted molar refractivity (Wildman–Crippen MR) is 93.8 cm³/mol. The van der Waals surface area contributed by atoms with E-state index in [1.807, 2.05) is 36.6 Å². The number of nitrogens with one attached hydrogen (secondary N) is 1. The average Bonchev–Trinajstić information content (AvgIpc) is 3.26. The molecule has 0 aliphatic rings. The molecule has 3 rings (SSSR count). The first-order valence-electron chi connectivity index (χ1n) is 7.53. The highest BCUT2D eigenvalue weighted by Gasteiger charge is 2.21. The second kappa shape index (κ2) is 7.55. The number of hydrogen-bond acceptors (Lipinski definition) is 5. The molecule has 2 heterocycles. The van der Waals surface area contributed by atoms with E-state index < -0.39 is 6.04 Å². The van der Waals surface area contributed by atoms with Gasteiger partial charge in [0.25, 0.3) is 0 Å². The van der Waals surface area contributed by atoms with Crippen LogP contribution < -0.4 is 5.32 Å². The summed E-state index contributed by atoms with van der Waals surface area (Å²) in [6.45, 7) is 2.42. The summed E-state index contributed by atoms with van der Waals surface area (Å²) >= 11 is 7.49. The molecular formula is C16H16ClN5OS. The molecule has 1 amide bonds. The van der Waals surface area contributed by atoms with E-state index in [9.17, 15) is 4.79 Å². The maximum Gasteiger partial charge on any atom is 0.247 e. The largest absolute Gasteiger partial charge is 0.349 e. The van der Waals surface area contributed by atoms with Crippen molar-refractivity contribution >= 4 is 28.8 Å². The van der Waals surface area contributed by atoms with Crippen molar-refractivity contribution in [2.75, 3.05) is 0 Å². The lowest BCUT2D eigenvalue weighted by molar-refractivity contribution is -0.125. The average molecular weight is 362 g/mol. The van der Waals surface area contributed by atoms with Gasteiger partial charge >= 0.3 is 0 Å². The Bertz CT molecular complexity index is 800. The summed E-state index contributed by atoms with van der Waals surface area (Å²) in [5.74, 6) is 0.349. The molecule has 0 aliphatic carbocycles. The van der Waals surface area contributed by atoms with Crippen LogP contribution in [0.15, 0.2) is 41.8 Å². The number of tetrazole rings is 1. The van der Waals surface area contributed by atoms with Crippen molar-refractivity contribution < 1.29 is 4.79 Å². The van der Waals surface area contributed by atoms with Crippen LogP contribution in [0.4, 0.5) is 0 Å². The van der Waals surface area contributed by atoms with Gasteiger partial charge in [0.1, 0.15) is 0 Å². The molecule has 0 bridgehead atoms. The topological polar surface area (TPSA) is 72.7 Å². The lowest BCUT2D eigenvalue weighted by atomic mass is 10.2. The van der Waals surface area contributed by atoms with Crippen LogP contribution in [0.1, 0.15) is 24.3 Å². The van der Waals surface area contributed by atoms with Gasteiger partial charge in [-0.25, -0.2) is 0 Å². The maximum absolute atomic E-state index is 12.4. The van der Waals surface area contributed by atoms with Gasteiger partial charge < -0.3 is 5.32 Å². The first-order valence-corrected chi connectivity index (χ1v) is 8.78. The van der Waals surface area contributed by atoms with Crippen LogP contribution in [-0.2, 0) is 11.3 Å². The number of carbonyl (C=O) groups excluding carboxylic acids is 1. The summed E-state index contributed by atoms with van der Waals surface area (Å²) < 4.78 is 0. The van der Waals surface area contributed by atoms with Crippen molar-refractivity contribution in [3.8, 4) is 11.4 Å². The molecule has 1 atom stereocenters. The molecule has 3 aromatic rings. The lowest BCUT2D eigenvalue weighted by Crippen LogP contribution is -2.32. The summed E-state index contributed by atoms with van der Waals surface area (Å²) in [6, 6.07) is 10.6. The van der Waals surface area contributed by atoms with Gasteiger partial charge in [-0.15, -0.1) is 21.5 Å². The van der Waals surface area contributed by atoms with Crippen LogP contribution in [0.3, 0.4) is 0 Å². The Kier molecular flexibility index (Phi) is 5.22. The molecule has 0 spiro atoms. The van der Waals surface area contributed by atoms with Crippen LogP contribution in [0.25, 0.3) is 11.4 Å². The Balaban J connectivity index is 1.71. The van der Waals surface area contributed by atoms with Gasteiger partial charge in [0.2, 0.25) is 11.7 Å². The highest BCUT2D eigenvalue weighted by atomic mass is 35.5. The Labute approximate surface area is 148 Å². The lowest BCUT2D eigenvalue weighted by Gasteiger charge is -2.12. The smallest absolute Gasteiger partial charge is 0.247 e. The molecule has 0 fully saturated rings. The van der Waals surface area contributed by atoms with Gasteiger partial charge in [0.15, 0.2) is 6.04 Å². The van der Waals surface area contributed by atoms with E-state index in [1.54, 1.807) is 23.5 Å². The molecule has 0 unspecified atom stereocenters. The SMILES string of the molecule is CC[C@@H](C(=O)NCc1cccs1)n1nnc(-c2ccc(Cl)cc2)n1. The number of hydrogen-bond donors (Lipinski definition) is 1. The molecule has 1 N–H and O–H groups in total. The molecule has 0 aliphatic heterocycles. The van der Waals surface area contributed by atoms with E-state index in [0.717, 1.165) is 10.4 Å². The number of aromatic nitrogens is 4. The quantitative estimate of drug-likeness (QED) is 0.731. The van der Waals surface area contributed by atoms with E-state index in [-0.39, 0.29) is 5.91 Å². The maximum atomic E-state index is 12.4. The fourth-order valence-corrected chi connectivity index (χ4v) is 3.00. The number of carbonyl (C=O) groups is 1. The zero-order valence-electron chi connectivity index (χ0n) is 13.0. The first kappa shape index (κ1) is 16.6. The number of benzene rings is 1. The third kappa shape index (κ3) is 3.80. The van der Waals surface area contributed by atoms with Gasteiger partial charge in [-0.2, -0.15) is 4.80 Å². The second-order valence-electron chi connectivity index (χ2n) is 5.16. The molecule has 0 saturated heterocycles. The molecule has 2 aromatic heterocycles. The summed E-state index contributed by atoms with van der Waals surface area (Å²) in [7, 11) is 0. The molecule has 0 saturated carbocycles. The monoisotopic (exact) mass is 361 g/mol. The van der Waals surface area contributed by atoms with Crippen molar-refractivity contribution in [1.82, 2.24) is 25.5 Å². The molecule has 124 valence electrons. The highest BCUT2D eigenvalue weighted by molar-refractivity contribution is 7.09. The van der Waals surface area contributed by atoms with Gasteiger partial charge in [-0.1, -0.05) is 24.6 Å². The van der Waals surface area contributed by atoms with E-state index in [2.05, 4.69) is 20.7 Å². The Morgan fingerprint density at radius 1 is 1.33 bits per heavy atom. The Morgan fingerprint density at radius 2 is 2.12 bits per heavy atom. The summed E-state index contributed by atoms with van der Waals surface area (Å²) in [4.78, 5) is 14.9. The van der Waals surface area contributed by atoms with Gasteiger partial charge in [0, 0.05) is 15.5 Å². The molecule has 1 aromatic carbocycles. The minimum absolute atomic E-state index is 0.119. The third-order valence-corrected chi connectivity index (χ3v) is 4.64. The van der Waals surface area contributed by atoms with Crippen molar-refractivity contribution in [3.05, 3.63) is 51.7 Å². The molecule has 8 heteroatoms. The normalized spacial score (nSPS) is 12.1. The summed E-state index contributed by atoms with van der Waals surface area (Å²) in [6.07, 6.45) is 0.576. The van der Waals surface area contributed by atoms with Crippen LogP contribution >= 0.6 is 22.9 Å². The van der Waals surface area contributed by atoms with E-state index >= 15 is 0 Å². The van der Waals surface area contributed by atoms with Gasteiger partial charge in [0.05, 0.1) is 6.54 Å². The molecular weight excluding hydrogens is 346 g/mol. The Morgan fingerprint density at radius 3 is 2.79 bits per heavy atom. The van der Waals surface area contributed by atoms with E-state index in [1.165, 1.54) is 4.80 Å². The van der Waals surface area contributed by atoms with Gasteiger partial charge in [-0.3, -0.25) is 4.79 Å². The first-order chi connectivity index (χ1) is 11.7. The van der Waals surface area contributed by atoms with Crippen molar-refractivity contribution in [2.45, 2.75) is 25.9 Å². The second-order valence-corrected chi connectivity index (χ2v) is 6.63. The zero-order chi connectivity index (χ0) is 16.9. The number of amides is 1. The van der Waals surface area contributed by atoms with Crippen LogP contribution in [0.5, 0.6) is 0 Å². The molecule has 0 radical (unpaired) electrons. The number of halogens is 1. The van der Waals surface area contributed by atoms with Crippen molar-refractivity contribution in [2.24, 2.45) is 0 Å². The summed E-state index contributed by atoms with van der Waals surface area (Å²) in [5, 5.41) is 18.0. The Hall–Kier alpha value is -2.25. The van der Waals surface area contributed by atoms with Crippen LogP contribution in [0.2, 0.25) is 5.02 Å². The molecule has 24 heavy (non-hydrogen) atoms. The fraction of sp³-hybridized carbons (Fsp3) is 0.250.